The van der Waals surface area contributed by atoms with Gasteiger partial charge in [0.05, 0.1) is 28.3 Å². The van der Waals surface area contributed by atoms with Crippen molar-refractivity contribution in [2.75, 3.05) is 26.2 Å². The number of carbonyl (C=O) groups excluding carboxylic acids is 1. The second-order valence-corrected chi connectivity index (χ2v) is 9.22. The molecule has 0 spiro atoms. The Morgan fingerprint density at radius 1 is 1.09 bits per heavy atom. The van der Waals surface area contributed by atoms with Gasteiger partial charge in [-0.25, -0.2) is 9.97 Å². The number of ether oxygens (including phenoxy) is 1. The molecule has 1 amide bonds. The molecule has 7 nitrogen and oxygen atoms in total. The first kappa shape index (κ1) is 21.8. The summed E-state index contributed by atoms with van der Waals surface area (Å²) in [5, 5.41) is 0. The lowest BCUT2D eigenvalue weighted by Gasteiger charge is -2.31. The standard InChI is InChI=1S/C26H31N5O2/c1-18-24(29-23-7-3-2-6-22(23)28-18)17-31-11-12-33-25-9-8-19(13-21(25)16-31)14-30-10-4-5-20(15-30)26(27)32/h2-3,6-9,13,20H,4-5,10-12,14-17H2,1H3,(H2,27,32). The molecule has 1 atom stereocenters. The molecule has 1 aromatic heterocycles. The summed E-state index contributed by atoms with van der Waals surface area (Å²) >= 11 is 0. The number of rotatable bonds is 5. The van der Waals surface area contributed by atoms with Gasteiger partial charge < -0.3 is 10.5 Å². The molecule has 3 heterocycles. The van der Waals surface area contributed by atoms with Gasteiger partial charge in [0.15, 0.2) is 0 Å². The van der Waals surface area contributed by atoms with Crippen LogP contribution in [0.5, 0.6) is 5.75 Å². The predicted octanol–water partition coefficient (Wildman–Crippen LogP) is 3.03. The quantitative estimate of drug-likeness (QED) is 0.650. The first-order valence-electron chi connectivity index (χ1n) is 11.8. The highest BCUT2D eigenvalue weighted by Crippen LogP contribution is 2.27. The highest BCUT2D eigenvalue weighted by molar-refractivity contribution is 5.77. The lowest BCUT2D eigenvalue weighted by molar-refractivity contribution is -0.123. The van der Waals surface area contributed by atoms with E-state index in [-0.39, 0.29) is 11.8 Å². The van der Waals surface area contributed by atoms with E-state index in [9.17, 15) is 4.79 Å². The smallest absolute Gasteiger partial charge is 0.221 e. The summed E-state index contributed by atoms with van der Waals surface area (Å²) in [6.07, 6.45) is 1.91. The van der Waals surface area contributed by atoms with E-state index in [1.807, 2.05) is 31.2 Å². The topological polar surface area (TPSA) is 84.6 Å². The average Bonchev–Trinajstić information content (AvgIpc) is 3.01. The highest BCUT2D eigenvalue weighted by Gasteiger charge is 2.24. The number of likely N-dealkylation sites (tertiary alicyclic amines) is 1. The molecule has 0 saturated carbocycles. The molecular formula is C26H31N5O2. The fourth-order valence-electron chi connectivity index (χ4n) is 4.91. The second kappa shape index (κ2) is 9.45. The Morgan fingerprint density at radius 2 is 1.91 bits per heavy atom. The van der Waals surface area contributed by atoms with E-state index < -0.39 is 0 Å². The van der Waals surface area contributed by atoms with Crippen LogP contribution in [-0.4, -0.2) is 51.9 Å². The third-order valence-electron chi connectivity index (χ3n) is 6.71. The van der Waals surface area contributed by atoms with Crippen LogP contribution in [-0.2, 0) is 24.4 Å². The van der Waals surface area contributed by atoms with Gasteiger partial charge in [-0.2, -0.15) is 0 Å². The number of piperidine rings is 1. The Hall–Kier alpha value is -3.03. The lowest BCUT2D eigenvalue weighted by Crippen LogP contribution is -2.40. The van der Waals surface area contributed by atoms with Crippen molar-refractivity contribution in [2.24, 2.45) is 11.7 Å². The van der Waals surface area contributed by atoms with E-state index in [1.54, 1.807) is 0 Å². The number of para-hydroxylation sites is 2. The van der Waals surface area contributed by atoms with Gasteiger partial charge in [0.2, 0.25) is 5.91 Å². The van der Waals surface area contributed by atoms with Crippen LogP contribution in [0.1, 0.15) is 35.4 Å². The number of carbonyl (C=O) groups is 1. The van der Waals surface area contributed by atoms with Crippen molar-refractivity contribution in [1.82, 2.24) is 19.8 Å². The number of fused-ring (bicyclic) bond motifs is 2. The summed E-state index contributed by atoms with van der Waals surface area (Å²) in [6.45, 7) is 7.64. The Morgan fingerprint density at radius 3 is 2.73 bits per heavy atom. The summed E-state index contributed by atoms with van der Waals surface area (Å²) in [6, 6.07) is 14.5. The minimum absolute atomic E-state index is 0.0373. The zero-order valence-corrected chi connectivity index (χ0v) is 19.2. The normalized spacial score (nSPS) is 19.6. The lowest BCUT2D eigenvalue weighted by atomic mass is 9.97. The molecule has 3 aromatic rings. The largest absolute Gasteiger partial charge is 0.492 e. The molecule has 0 aliphatic carbocycles. The van der Waals surface area contributed by atoms with Crippen molar-refractivity contribution < 1.29 is 9.53 Å². The molecule has 2 aliphatic heterocycles. The molecule has 0 bridgehead atoms. The van der Waals surface area contributed by atoms with Gasteiger partial charge in [-0.1, -0.05) is 18.2 Å². The highest BCUT2D eigenvalue weighted by atomic mass is 16.5. The van der Waals surface area contributed by atoms with Crippen molar-refractivity contribution in [3.63, 3.8) is 0 Å². The van der Waals surface area contributed by atoms with Gasteiger partial charge >= 0.3 is 0 Å². The van der Waals surface area contributed by atoms with Crippen molar-refractivity contribution in [1.29, 1.82) is 0 Å². The molecule has 7 heteroatoms. The number of nitrogens with two attached hydrogens (primary N) is 1. The van der Waals surface area contributed by atoms with E-state index in [4.69, 9.17) is 20.4 Å². The van der Waals surface area contributed by atoms with E-state index in [1.165, 1.54) is 11.1 Å². The van der Waals surface area contributed by atoms with Crippen LogP contribution in [0.2, 0.25) is 0 Å². The summed E-state index contributed by atoms with van der Waals surface area (Å²) in [5.74, 6) is 0.735. The Balaban J connectivity index is 1.31. The van der Waals surface area contributed by atoms with E-state index in [2.05, 4.69) is 28.0 Å². The summed E-state index contributed by atoms with van der Waals surface area (Å²) < 4.78 is 6.06. The van der Waals surface area contributed by atoms with E-state index in [0.717, 1.165) is 80.3 Å². The number of aryl methyl sites for hydroxylation is 1. The minimum atomic E-state index is -0.183. The molecule has 33 heavy (non-hydrogen) atoms. The van der Waals surface area contributed by atoms with Gasteiger partial charge in [0, 0.05) is 38.3 Å². The molecule has 2 N–H and O–H groups in total. The SMILES string of the molecule is Cc1nc2ccccc2nc1CN1CCOc2ccc(CN3CCCC(C(N)=O)C3)cc2C1. The van der Waals surface area contributed by atoms with Gasteiger partial charge in [0.25, 0.3) is 0 Å². The monoisotopic (exact) mass is 445 g/mol. The average molecular weight is 446 g/mol. The van der Waals surface area contributed by atoms with Crippen molar-refractivity contribution in [2.45, 2.75) is 39.4 Å². The zero-order chi connectivity index (χ0) is 22.8. The van der Waals surface area contributed by atoms with Gasteiger partial charge in [-0.3, -0.25) is 14.6 Å². The van der Waals surface area contributed by atoms with Crippen LogP contribution in [0.25, 0.3) is 11.0 Å². The van der Waals surface area contributed by atoms with Crippen LogP contribution >= 0.6 is 0 Å². The van der Waals surface area contributed by atoms with Crippen molar-refractivity contribution in [3.8, 4) is 5.75 Å². The maximum Gasteiger partial charge on any atom is 0.221 e. The zero-order valence-electron chi connectivity index (χ0n) is 19.2. The molecular weight excluding hydrogens is 414 g/mol. The fraction of sp³-hybridized carbons (Fsp3) is 0.423. The van der Waals surface area contributed by atoms with Gasteiger partial charge in [-0.15, -0.1) is 0 Å². The van der Waals surface area contributed by atoms with Crippen molar-refractivity contribution >= 4 is 16.9 Å². The van der Waals surface area contributed by atoms with Crippen molar-refractivity contribution in [3.05, 3.63) is 65.0 Å². The Bertz CT molecular complexity index is 1160. The van der Waals surface area contributed by atoms with Crippen LogP contribution < -0.4 is 10.5 Å². The molecule has 1 unspecified atom stereocenters. The van der Waals surface area contributed by atoms with Crippen LogP contribution in [0.15, 0.2) is 42.5 Å². The van der Waals surface area contributed by atoms with E-state index in [0.29, 0.717) is 6.61 Å². The molecule has 2 aliphatic rings. The predicted molar refractivity (Wildman–Crippen MR) is 128 cm³/mol. The van der Waals surface area contributed by atoms with Gasteiger partial charge in [-0.05, 0) is 56.1 Å². The minimum Gasteiger partial charge on any atom is -0.492 e. The van der Waals surface area contributed by atoms with Crippen LogP contribution in [0, 0.1) is 12.8 Å². The molecule has 5 rings (SSSR count). The number of amides is 1. The Labute approximate surface area is 194 Å². The molecule has 0 radical (unpaired) electrons. The first-order valence-corrected chi connectivity index (χ1v) is 11.8. The van der Waals surface area contributed by atoms with Crippen LogP contribution in [0.4, 0.5) is 0 Å². The number of primary amides is 1. The number of nitrogens with zero attached hydrogens (tertiary/aromatic N) is 4. The number of aromatic nitrogens is 2. The van der Waals surface area contributed by atoms with E-state index >= 15 is 0 Å². The fourth-order valence-corrected chi connectivity index (χ4v) is 4.91. The summed E-state index contributed by atoms with van der Waals surface area (Å²) in [7, 11) is 0. The number of hydrogen-bond donors (Lipinski definition) is 1. The Kier molecular flexibility index (Phi) is 6.24. The molecule has 1 saturated heterocycles. The number of hydrogen-bond acceptors (Lipinski definition) is 6. The first-order chi connectivity index (χ1) is 16.0. The summed E-state index contributed by atoms with van der Waals surface area (Å²) in [5.41, 5.74) is 11.8. The van der Waals surface area contributed by atoms with Gasteiger partial charge in [0.1, 0.15) is 12.4 Å². The summed E-state index contributed by atoms with van der Waals surface area (Å²) in [4.78, 5) is 26.0. The molecule has 1 fully saturated rings. The third-order valence-corrected chi connectivity index (χ3v) is 6.71. The maximum atomic E-state index is 11.6. The molecule has 2 aromatic carbocycles. The third kappa shape index (κ3) is 4.99. The van der Waals surface area contributed by atoms with Crippen LogP contribution in [0.3, 0.4) is 0 Å². The maximum absolute atomic E-state index is 11.6. The second-order valence-electron chi connectivity index (χ2n) is 9.22. The molecule has 172 valence electrons. The number of benzene rings is 2.